The van der Waals surface area contributed by atoms with Crippen LogP contribution in [0, 0.1) is 0 Å². The quantitative estimate of drug-likeness (QED) is 0.674. The van der Waals surface area contributed by atoms with Crippen LogP contribution in [0.2, 0.25) is 0 Å². The molecule has 0 saturated carbocycles. The lowest BCUT2D eigenvalue weighted by atomic mass is 10.2. The van der Waals surface area contributed by atoms with Crippen molar-refractivity contribution in [1.29, 1.82) is 0 Å². The zero-order valence-corrected chi connectivity index (χ0v) is 8.67. The van der Waals surface area contributed by atoms with Crippen LogP contribution in [0.5, 0.6) is 0 Å². The molecule has 1 aromatic heterocycles. The van der Waals surface area contributed by atoms with Crippen molar-refractivity contribution in [2.24, 2.45) is 0 Å². The van der Waals surface area contributed by atoms with Gasteiger partial charge in [-0.1, -0.05) is 13.0 Å². The zero-order valence-electron chi connectivity index (χ0n) is 7.91. The topological polar surface area (TPSA) is 16.1 Å². The fraction of sp³-hybridized carbons (Fsp3) is 0.500. The van der Waals surface area contributed by atoms with Gasteiger partial charge in [-0.3, -0.25) is 9.88 Å². The summed E-state index contributed by atoms with van der Waals surface area (Å²) in [6, 6.07) is 4.05. The minimum Gasteiger partial charge on any atom is -0.298 e. The summed E-state index contributed by atoms with van der Waals surface area (Å²) in [4.78, 5) is 6.37. The average Bonchev–Trinajstić information content (AvgIpc) is 2.19. The molecule has 1 rings (SSSR count). The van der Waals surface area contributed by atoms with Gasteiger partial charge in [0.05, 0.1) is 0 Å². The Morgan fingerprint density at radius 3 is 2.92 bits per heavy atom. The van der Waals surface area contributed by atoms with E-state index in [2.05, 4.69) is 22.9 Å². The predicted molar refractivity (Wildman–Crippen MR) is 55.9 cm³/mol. The van der Waals surface area contributed by atoms with Gasteiger partial charge in [0.1, 0.15) is 0 Å². The highest BCUT2D eigenvalue weighted by molar-refractivity contribution is 6.18. The molecular formula is C10H15ClN2. The first-order chi connectivity index (χ1) is 6.36. The summed E-state index contributed by atoms with van der Waals surface area (Å²) in [5, 5.41) is 0. The number of halogens is 1. The highest BCUT2D eigenvalue weighted by atomic mass is 35.5. The first-order valence-corrected chi connectivity index (χ1v) is 5.07. The number of hydrogen-bond donors (Lipinski definition) is 0. The molecule has 0 aromatic carbocycles. The van der Waals surface area contributed by atoms with Crippen LogP contribution in [-0.4, -0.2) is 28.9 Å². The second-order valence-electron chi connectivity index (χ2n) is 2.92. The number of nitrogens with zero attached hydrogens (tertiary/aromatic N) is 2. The summed E-state index contributed by atoms with van der Waals surface area (Å²) in [6.07, 6.45) is 3.69. The summed E-state index contributed by atoms with van der Waals surface area (Å²) in [5.41, 5.74) is 1.24. The van der Waals surface area contributed by atoms with E-state index in [0.29, 0.717) is 5.88 Å². The maximum absolute atomic E-state index is 5.68. The van der Waals surface area contributed by atoms with E-state index in [0.717, 1.165) is 19.6 Å². The molecule has 0 radical (unpaired) electrons. The van der Waals surface area contributed by atoms with Crippen LogP contribution in [0.4, 0.5) is 0 Å². The van der Waals surface area contributed by atoms with E-state index in [1.54, 1.807) is 6.20 Å². The normalized spacial score (nSPS) is 10.7. The van der Waals surface area contributed by atoms with Crippen molar-refractivity contribution in [1.82, 2.24) is 9.88 Å². The van der Waals surface area contributed by atoms with E-state index in [1.807, 2.05) is 12.3 Å². The molecule has 0 aliphatic carbocycles. The molecule has 0 N–H and O–H groups in total. The molecule has 13 heavy (non-hydrogen) atoms. The van der Waals surface area contributed by atoms with Crippen molar-refractivity contribution >= 4 is 11.6 Å². The smallest absolute Gasteiger partial charge is 0.0351 e. The number of rotatable bonds is 5. The molecule has 0 saturated heterocycles. The average molecular weight is 199 g/mol. The van der Waals surface area contributed by atoms with Gasteiger partial charge in [0.2, 0.25) is 0 Å². The molecule has 72 valence electrons. The number of hydrogen-bond acceptors (Lipinski definition) is 2. The Labute approximate surface area is 84.5 Å². The summed E-state index contributed by atoms with van der Waals surface area (Å²) in [5.74, 6) is 0.689. The molecule has 0 spiro atoms. The van der Waals surface area contributed by atoms with Gasteiger partial charge in [-0.25, -0.2) is 0 Å². The standard InChI is InChI=1S/C10H15ClN2/c1-2-13(7-5-11)9-10-4-3-6-12-8-10/h3-4,6,8H,2,5,7,9H2,1H3. The summed E-state index contributed by atoms with van der Waals surface area (Å²) >= 11 is 5.68. The maximum Gasteiger partial charge on any atom is 0.0351 e. The molecule has 0 fully saturated rings. The Morgan fingerprint density at radius 2 is 2.38 bits per heavy atom. The van der Waals surface area contributed by atoms with Crippen molar-refractivity contribution in [2.75, 3.05) is 19.0 Å². The van der Waals surface area contributed by atoms with Crippen LogP contribution in [0.1, 0.15) is 12.5 Å². The molecule has 1 aromatic rings. The summed E-state index contributed by atoms with van der Waals surface area (Å²) < 4.78 is 0. The van der Waals surface area contributed by atoms with E-state index in [1.165, 1.54) is 5.56 Å². The molecule has 0 aliphatic heterocycles. The molecule has 0 bridgehead atoms. The molecule has 0 unspecified atom stereocenters. The van der Waals surface area contributed by atoms with Crippen molar-refractivity contribution in [3.05, 3.63) is 30.1 Å². The van der Waals surface area contributed by atoms with E-state index in [9.17, 15) is 0 Å². The zero-order chi connectivity index (χ0) is 9.52. The van der Waals surface area contributed by atoms with Crippen LogP contribution >= 0.6 is 11.6 Å². The third-order valence-corrected chi connectivity index (χ3v) is 2.15. The minimum atomic E-state index is 0.689. The highest BCUT2D eigenvalue weighted by Crippen LogP contribution is 2.02. The lowest BCUT2D eigenvalue weighted by molar-refractivity contribution is 0.297. The summed E-state index contributed by atoms with van der Waals surface area (Å²) in [7, 11) is 0. The van der Waals surface area contributed by atoms with Crippen LogP contribution in [0.15, 0.2) is 24.5 Å². The molecule has 1 heterocycles. The first-order valence-electron chi connectivity index (χ1n) is 4.54. The van der Waals surface area contributed by atoms with E-state index < -0.39 is 0 Å². The molecule has 0 amide bonds. The number of aromatic nitrogens is 1. The molecule has 3 heteroatoms. The summed E-state index contributed by atoms with van der Waals surface area (Å²) in [6.45, 7) is 5.05. The Kier molecular flexibility index (Phi) is 4.79. The lowest BCUT2D eigenvalue weighted by Crippen LogP contribution is -2.24. The fourth-order valence-corrected chi connectivity index (χ4v) is 1.46. The van der Waals surface area contributed by atoms with Gasteiger partial charge in [-0.05, 0) is 18.2 Å². The molecule has 0 atom stereocenters. The van der Waals surface area contributed by atoms with Crippen LogP contribution in [0.3, 0.4) is 0 Å². The van der Waals surface area contributed by atoms with E-state index >= 15 is 0 Å². The van der Waals surface area contributed by atoms with E-state index in [-0.39, 0.29) is 0 Å². The Bertz CT molecular complexity index is 226. The van der Waals surface area contributed by atoms with Gasteiger partial charge in [0.15, 0.2) is 0 Å². The van der Waals surface area contributed by atoms with Gasteiger partial charge >= 0.3 is 0 Å². The van der Waals surface area contributed by atoms with Gasteiger partial charge in [0.25, 0.3) is 0 Å². The second kappa shape index (κ2) is 5.95. The number of pyridine rings is 1. The molecule has 2 nitrogen and oxygen atoms in total. The minimum absolute atomic E-state index is 0.689. The Hall–Kier alpha value is -0.600. The van der Waals surface area contributed by atoms with Gasteiger partial charge in [0, 0.05) is 31.4 Å². The largest absolute Gasteiger partial charge is 0.298 e. The number of alkyl halides is 1. The fourth-order valence-electron chi connectivity index (χ4n) is 1.22. The monoisotopic (exact) mass is 198 g/mol. The lowest BCUT2D eigenvalue weighted by Gasteiger charge is -2.18. The third kappa shape index (κ3) is 3.75. The van der Waals surface area contributed by atoms with E-state index in [4.69, 9.17) is 11.6 Å². The van der Waals surface area contributed by atoms with Crippen LogP contribution in [-0.2, 0) is 6.54 Å². The van der Waals surface area contributed by atoms with Crippen molar-refractivity contribution in [3.63, 3.8) is 0 Å². The van der Waals surface area contributed by atoms with Crippen molar-refractivity contribution < 1.29 is 0 Å². The Morgan fingerprint density at radius 1 is 1.54 bits per heavy atom. The van der Waals surface area contributed by atoms with Crippen LogP contribution < -0.4 is 0 Å². The van der Waals surface area contributed by atoms with Crippen LogP contribution in [0.25, 0.3) is 0 Å². The Balaban J connectivity index is 2.46. The predicted octanol–water partition coefficient (Wildman–Crippen LogP) is 2.14. The SMILES string of the molecule is CCN(CCCl)Cc1cccnc1. The molecule has 0 aliphatic rings. The molecular weight excluding hydrogens is 184 g/mol. The van der Waals surface area contributed by atoms with Gasteiger partial charge < -0.3 is 0 Å². The van der Waals surface area contributed by atoms with Gasteiger partial charge in [-0.15, -0.1) is 11.6 Å². The van der Waals surface area contributed by atoms with Gasteiger partial charge in [-0.2, -0.15) is 0 Å². The van der Waals surface area contributed by atoms with Crippen molar-refractivity contribution in [3.8, 4) is 0 Å². The third-order valence-electron chi connectivity index (χ3n) is 1.98. The highest BCUT2D eigenvalue weighted by Gasteiger charge is 2.01. The second-order valence-corrected chi connectivity index (χ2v) is 3.30. The maximum atomic E-state index is 5.68. The van der Waals surface area contributed by atoms with Crippen molar-refractivity contribution in [2.45, 2.75) is 13.5 Å². The first kappa shape index (κ1) is 10.5.